The number of nitrogens with zero attached hydrogens (tertiary/aromatic N) is 2. The number of halogens is 6. The lowest BCUT2D eigenvalue weighted by Crippen LogP contribution is -2.19. The summed E-state index contributed by atoms with van der Waals surface area (Å²) < 4.78 is 78.2. The maximum absolute atomic E-state index is 13.3. The van der Waals surface area contributed by atoms with Crippen LogP contribution in [-0.2, 0) is 25.2 Å². The van der Waals surface area contributed by atoms with Crippen molar-refractivity contribution in [1.82, 2.24) is 9.97 Å². The zero-order valence-electron chi connectivity index (χ0n) is 13.6. The van der Waals surface area contributed by atoms with Gasteiger partial charge < -0.3 is 0 Å². The molecule has 1 aliphatic carbocycles. The smallest absolute Gasteiger partial charge is 0.227 e. The number of aromatic nitrogens is 2. The number of hydrogen-bond acceptors (Lipinski definition) is 3. The molecule has 0 atom stereocenters. The first kappa shape index (κ1) is 19.0. The van der Waals surface area contributed by atoms with E-state index in [2.05, 4.69) is 9.97 Å². The summed E-state index contributed by atoms with van der Waals surface area (Å²) in [7, 11) is 0. The summed E-state index contributed by atoms with van der Waals surface area (Å²) in [6.07, 6.45) is -6.92. The summed E-state index contributed by atoms with van der Waals surface area (Å²) in [5.74, 6) is 0. The van der Waals surface area contributed by atoms with Crippen LogP contribution in [0.4, 0.5) is 26.3 Å². The highest BCUT2D eigenvalue weighted by Gasteiger charge is 2.38. The van der Waals surface area contributed by atoms with E-state index in [1.54, 1.807) is 0 Å². The zero-order valence-corrected chi connectivity index (χ0v) is 14.4. The van der Waals surface area contributed by atoms with E-state index in [4.69, 9.17) is 0 Å². The Labute approximate surface area is 150 Å². The van der Waals surface area contributed by atoms with E-state index in [0.717, 1.165) is 30.3 Å². The predicted molar refractivity (Wildman–Crippen MR) is 84.0 cm³/mol. The number of benzene rings is 1. The van der Waals surface area contributed by atoms with Crippen LogP contribution in [0, 0.1) is 6.92 Å². The van der Waals surface area contributed by atoms with Crippen molar-refractivity contribution in [3.05, 3.63) is 46.3 Å². The lowest BCUT2D eigenvalue weighted by molar-refractivity contribution is -0.142. The summed E-state index contributed by atoms with van der Waals surface area (Å²) in [4.78, 5) is 8.28. The van der Waals surface area contributed by atoms with Gasteiger partial charge >= 0.3 is 12.4 Å². The Morgan fingerprint density at radius 3 is 2.23 bits per heavy atom. The van der Waals surface area contributed by atoms with Crippen LogP contribution in [0.1, 0.15) is 40.9 Å². The molecule has 26 heavy (non-hydrogen) atoms. The average molecular weight is 392 g/mol. The Hall–Kier alpha value is -1.77. The van der Waals surface area contributed by atoms with Crippen molar-refractivity contribution in [3.8, 4) is 0 Å². The number of hydrogen-bond donors (Lipinski definition) is 0. The molecule has 0 saturated carbocycles. The van der Waals surface area contributed by atoms with Crippen LogP contribution in [0.3, 0.4) is 0 Å². The molecule has 2 aromatic rings. The van der Waals surface area contributed by atoms with Crippen molar-refractivity contribution < 1.29 is 26.3 Å². The van der Waals surface area contributed by atoms with E-state index >= 15 is 0 Å². The Kier molecular flexibility index (Phi) is 4.94. The summed E-state index contributed by atoms with van der Waals surface area (Å²) in [6.45, 7) is 1.47. The minimum absolute atomic E-state index is 0.0965. The Bertz CT molecular complexity index is 829. The fourth-order valence-corrected chi connectivity index (χ4v) is 3.74. The Morgan fingerprint density at radius 1 is 0.923 bits per heavy atom. The van der Waals surface area contributed by atoms with Crippen molar-refractivity contribution in [3.63, 3.8) is 0 Å². The van der Waals surface area contributed by atoms with Crippen LogP contribution < -0.4 is 0 Å². The third kappa shape index (κ3) is 3.97. The van der Waals surface area contributed by atoms with Crippen molar-refractivity contribution in [2.24, 2.45) is 0 Å². The third-order valence-electron chi connectivity index (χ3n) is 4.13. The van der Waals surface area contributed by atoms with Crippen molar-refractivity contribution in [2.75, 3.05) is 0 Å². The molecule has 0 N–H and O–H groups in total. The molecule has 0 aliphatic heterocycles. The molecule has 140 valence electrons. The van der Waals surface area contributed by atoms with Gasteiger partial charge in [-0.2, -0.15) is 26.3 Å². The number of rotatable bonds is 2. The van der Waals surface area contributed by atoms with Crippen LogP contribution in [0.15, 0.2) is 28.3 Å². The van der Waals surface area contributed by atoms with E-state index in [9.17, 15) is 26.3 Å². The molecule has 0 radical (unpaired) electrons. The van der Waals surface area contributed by atoms with Crippen LogP contribution in [0.2, 0.25) is 0 Å². The first-order valence-corrected chi connectivity index (χ1v) is 8.70. The van der Waals surface area contributed by atoms with E-state index in [1.807, 2.05) is 0 Å². The third-order valence-corrected chi connectivity index (χ3v) is 5.18. The van der Waals surface area contributed by atoms with Crippen LogP contribution >= 0.6 is 11.8 Å². The van der Waals surface area contributed by atoms with E-state index < -0.39 is 23.6 Å². The summed E-state index contributed by atoms with van der Waals surface area (Å²) >= 11 is 0.847. The zero-order chi connectivity index (χ0) is 19.1. The Morgan fingerprint density at radius 2 is 1.62 bits per heavy atom. The van der Waals surface area contributed by atoms with Gasteiger partial charge in [0.1, 0.15) is 0 Å². The molecule has 1 aromatic carbocycles. The monoisotopic (exact) mass is 392 g/mol. The topological polar surface area (TPSA) is 25.8 Å². The Balaban J connectivity index is 1.98. The fraction of sp³-hybridized carbons (Fsp3) is 0.412. The van der Waals surface area contributed by atoms with Gasteiger partial charge in [0.25, 0.3) is 0 Å². The molecule has 0 amide bonds. The van der Waals surface area contributed by atoms with Gasteiger partial charge in [-0.15, -0.1) is 0 Å². The minimum atomic E-state index is -4.59. The van der Waals surface area contributed by atoms with Gasteiger partial charge in [0, 0.05) is 16.2 Å². The lowest BCUT2D eigenvalue weighted by atomic mass is 9.94. The molecule has 0 saturated heterocycles. The first-order valence-electron chi connectivity index (χ1n) is 7.88. The second-order valence-corrected chi connectivity index (χ2v) is 7.07. The van der Waals surface area contributed by atoms with Crippen molar-refractivity contribution in [2.45, 2.75) is 55.0 Å². The van der Waals surface area contributed by atoms with E-state index in [0.29, 0.717) is 29.0 Å². The van der Waals surface area contributed by atoms with Gasteiger partial charge in [-0.05, 0) is 68.1 Å². The molecule has 1 aromatic heterocycles. The van der Waals surface area contributed by atoms with Crippen LogP contribution in [0.5, 0.6) is 0 Å². The normalized spacial score (nSPS) is 15.0. The molecule has 1 aliphatic rings. The van der Waals surface area contributed by atoms with Gasteiger partial charge in [-0.25, -0.2) is 9.97 Å². The molecule has 0 unspecified atom stereocenters. The van der Waals surface area contributed by atoms with Gasteiger partial charge in [0.15, 0.2) is 10.9 Å². The number of alkyl halides is 6. The summed E-state index contributed by atoms with van der Waals surface area (Å²) in [5.41, 5.74) is -0.918. The fourth-order valence-electron chi connectivity index (χ4n) is 2.89. The molecule has 0 bridgehead atoms. The van der Waals surface area contributed by atoms with Gasteiger partial charge in [-0.3, -0.25) is 0 Å². The largest absolute Gasteiger partial charge is 0.433 e. The first-order chi connectivity index (χ1) is 12.1. The standard InChI is InChI=1S/C17H14F6N2S/c1-9-8-10(16(18,19)20)6-7-13(9)26-15-24-12-5-3-2-4-11(12)14(25-15)17(21,22)23/h6-8H,2-5H2,1H3. The molecular formula is C17H14F6N2S. The molecule has 9 heteroatoms. The van der Waals surface area contributed by atoms with Crippen molar-refractivity contribution >= 4 is 11.8 Å². The summed E-state index contributed by atoms with van der Waals surface area (Å²) in [5, 5.41) is -0.0965. The van der Waals surface area contributed by atoms with Crippen LogP contribution in [0.25, 0.3) is 0 Å². The van der Waals surface area contributed by atoms with Gasteiger partial charge in [-0.1, -0.05) is 0 Å². The predicted octanol–water partition coefficient (Wildman–Crippen LogP) is 5.85. The molecule has 1 heterocycles. The van der Waals surface area contributed by atoms with E-state index in [1.165, 1.54) is 13.0 Å². The lowest BCUT2D eigenvalue weighted by Gasteiger charge is -2.20. The molecule has 3 rings (SSSR count). The highest BCUT2D eigenvalue weighted by molar-refractivity contribution is 7.99. The van der Waals surface area contributed by atoms with Crippen LogP contribution in [-0.4, -0.2) is 9.97 Å². The number of fused-ring (bicyclic) bond motifs is 1. The molecule has 2 nitrogen and oxygen atoms in total. The second-order valence-electron chi connectivity index (χ2n) is 6.06. The molecular weight excluding hydrogens is 378 g/mol. The second kappa shape index (κ2) is 6.75. The average Bonchev–Trinajstić information content (AvgIpc) is 2.54. The highest BCUT2D eigenvalue weighted by atomic mass is 32.2. The number of aryl methyl sites for hydroxylation is 2. The van der Waals surface area contributed by atoms with E-state index in [-0.39, 0.29) is 17.1 Å². The van der Waals surface area contributed by atoms with Gasteiger partial charge in [0.05, 0.1) is 5.56 Å². The SMILES string of the molecule is Cc1cc(C(F)(F)F)ccc1Sc1nc2c(c(C(F)(F)F)n1)CCCC2. The maximum atomic E-state index is 13.3. The molecule has 0 fully saturated rings. The molecule has 0 spiro atoms. The summed E-state index contributed by atoms with van der Waals surface area (Å²) in [6, 6.07) is 3.10. The quantitative estimate of drug-likeness (QED) is 0.473. The highest BCUT2D eigenvalue weighted by Crippen LogP contribution is 2.38. The minimum Gasteiger partial charge on any atom is -0.227 e. The van der Waals surface area contributed by atoms with Crippen molar-refractivity contribution in [1.29, 1.82) is 0 Å². The van der Waals surface area contributed by atoms with Gasteiger partial charge in [0.2, 0.25) is 0 Å². The maximum Gasteiger partial charge on any atom is 0.433 e.